The van der Waals surface area contributed by atoms with Gasteiger partial charge in [-0.15, -0.1) is 0 Å². The number of rotatable bonds is 3. The third kappa shape index (κ3) is 2.39. The average Bonchev–Trinajstić information content (AvgIpc) is 2.77. The van der Waals surface area contributed by atoms with Crippen LogP contribution in [0.15, 0.2) is 41.6 Å². The van der Waals surface area contributed by atoms with Gasteiger partial charge in [-0.25, -0.2) is 18.2 Å². The molecule has 0 bridgehead atoms. The molecule has 0 radical (unpaired) electrons. The number of aromatic nitrogens is 2. The van der Waals surface area contributed by atoms with Crippen LogP contribution in [0.2, 0.25) is 0 Å². The maximum atomic E-state index is 11.1. The SMILES string of the molecule is NC(=O)c1cnn(-c2ccc(S(N)(=O)=O)cc2)c1. The van der Waals surface area contributed by atoms with Crippen molar-refractivity contribution in [3.05, 3.63) is 42.2 Å². The molecule has 7 nitrogen and oxygen atoms in total. The van der Waals surface area contributed by atoms with Gasteiger partial charge in [-0.05, 0) is 24.3 Å². The molecular formula is C10H10N4O3S. The van der Waals surface area contributed by atoms with Crippen molar-refractivity contribution in [3.8, 4) is 5.69 Å². The van der Waals surface area contributed by atoms with Crippen molar-refractivity contribution in [3.63, 3.8) is 0 Å². The number of amides is 1. The molecule has 0 saturated carbocycles. The smallest absolute Gasteiger partial charge is 0.251 e. The van der Waals surface area contributed by atoms with E-state index in [0.29, 0.717) is 5.69 Å². The Balaban J connectivity index is 2.37. The fourth-order valence-electron chi connectivity index (χ4n) is 1.38. The molecular weight excluding hydrogens is 256 g/mol. The quantitative estimate of drug-likeness (QED) is 0.786. The van der Waals surface area contributed by atoms with Crippen molar-refractivity contribution in [2.24, 2.45) is 10.9 Å². The van der Waals surface area contributed by atoms with Gasteiger partial charge in [-0.2, -0.15) is 5.10 Å². The minimum absolute atomic E-state index is 0.00790. The molecule has 0 aliphatic heterocycles. The summed E-state index contributed by atoms with van der Waals surface area (Å²) >= 11 is 0. The van der Waals surface area contributed by atoms with E-state index in [1.54, 1.807) is 0 Å². The number of carbonyl (C=O) groups is 1. The van der Waals surface area contributed by atoms with Crippen molar-refractivity contribution in [1.29, 1.82) is 0 Å². The summed E-state index contributed by atoms with van der Waals surface area (Å²) in [4.78, 5) is 10.9. The third-order valence-corrected chi connectivity index (χ3v) is 3.23. The van der Waals surface area contributed by atoms with Crippen molar-refractivity contribution in [2.45, 2.75) is 4.90 Å². The standard InChI is InChI=1S/C10H10N4O3S/c11-10(15)7-5-13-14(6-7)8-1-3-9(4-2-8)18(12,16)17/h1-6H,(H2,11,15)(H2,12,16,17). The molecule has 0 atom stereocenters. The molecule has 1 amide bonds. The first kappa shape index (κ1) is 12.3. The number of hydrogen-bond donors (Lipinski definition) is 2. The van der Waals surface area contributed by atoms with E-state index in [1.165, 1.54) is 41.3 Å². The van der Waals surface area contributed by atoms with Crippen molar-refractivity contribution in [2.75, 3.05) is 0 Å². The number of sulfonamides is 1. The highest BCUT2D eigenvalue weighted by Crippen LogP contribution is 2.12. The van der Waals surface area contributed by atoms with Crippen LogP contribution in [0.3, 0.4) is 0 Å². The van der Waals surface area contributed by atoms with Crippen LogP contribution in [0.5, 0.6) is 0 Å². The number of hydrogen-bond acceptors (Lipinski definition) is 4. The van der Waals surface area contributed by atoms with Crippen molar-refractivity contribution >= 4 is 15.9 Å². The van der Waals surface area contributed by atoms with Crippen LogP contribution in [0.4, 0.5) is 0 Å². The molecule has 0 unspecified atom stereocenters. The molecule has 2 aromatic rings. The van der Waals surface area contributed by atoms with Gasteiger partial charge in [0.2, 0.25) is 10.0 Å². The van der Waals surface area contributed by atoms with Gasteiger partial charge in [0.25, 0.3) is 5.91 Å². The van der Waals surface area contributed by atoms with Crippen LogP contribution in [0, 0.1) is 0 Å². The summed E-state index contributed by atoms with van der Waals surface area (Å²) < 4.78 is 23.5. The van der Waals surface area contributed by atoms with Gasteiger partial charge in [0.15, 0.2) is 0 Å². The predicted octanol–water partition coefficient (Wildman–Crippen LogP) is -0.381. The Morgan fingerprint density at radius 2 is 1.83 bits per heavy atom. The molecule has 0 fully saturated rings. The van der Waals surface area contributed by atoms with Gasteiger partial charge in [0.05, 0.1) is 22.3 Å². The number of primary amides is 1. The molecule has 94 valence electrons. The Morgan fingerprint density at radius 3 is 2.28 bits per heavy atom. The fourth-order valence-corrected chi connectivity index (χ4v) is 1.90. The van der Waals surface area contributed by atoms with E-state index in [0.717, 1.165) is 0 Å². The highest BCUT2D eigenvalue weighted by molar-refractivity contribution is 7.89. The van der Waals surface area contributed by atoms with E-state index in [9.17, 15) is 13.2 Å². The van der Waals surface area contributed by atoms with Crippen LogP contribution < -0.4 is 10.9 Å². The summed E-state index contributed by atoms with van der Waals surface area (Å²) in [6, 6.07) is 5.77. The minimum atomic E-state index is -3.71. The van der Waals surface area contributed by atoms with Crippen molar-refractivity contribution in [1.82, 2.24) is 9.78 Å². The van der Waals surface area contributed by atoms with Gasteiger partial charge in [0.1, 0.15) is 0 Å². The zero-order valence-corrected chi connectivity index (χ0v) is 9.96. The molecule has 0 aliphatic carbocycles. The largest absolute Gasteiger partial charge is 0.366 e. The number of carbonyl (C=O) groups excluding carboxylic acids is 1. The maximum Gasteiger partial charge on any atom is 0.251 e. The lowest BCUT2D eigenvalue weighted by Crippen LogP contribution is -2.12. The van der Waals surface area contributed by atoms with E-state index in [4.69, 9.17) is 10.9 Å². The Hall–Kier alpha value is -2.19. The Kier molecular flexibility index (Phi) is 2.89. The van der Waals surface area contributed by atoms with Gasteiger partial charge in [-0.3, -0.25) is 4.79 Å². The average molecular weight is 266 g/mol. The Bertz CT molecular complexity index is 688. The molecule has 1 aromatic carbocycles. The lowest BCUT2D eigenvalue weighted by molar-refractivity contribution is 0.100. The van der Waals surface area contributed by atoms with E-state index >= 15 is 0 Å². The molecule has 2 rings (SSSR count). The van der Waals surface area contributed by atoms with Crippen LogP contribution in [-0.2, 0) is 10.0 Å². The summed E-state index contributed by atoms with van der Waals surface area (Å²) in [6.45, 7) is 0. The second-order valence-corrected chi connectivity index (χ2v) is 5.14. The van der Waals surface area contributed by atoms with Crippen LogP contribution in [0.25, 0.3) is 5.69 Å². The number of nitrogens with two attached hydrogens (primary N) is 2. The maximum absolute atomic E-state index is 11.1. The Labute approximate surface area is 103 Å². The zero-order valence-electron chi connectivity index (χ0n) is 9.15. The molecule has 8 heteroatoms. The number of nitrogens with zero attached hydrogens (tertiary/aromatic N) is 2. The van der Waals surface area contributed by atoms with E-state index in [2.05, 4.69) is 5.10 Å². The molecule has 0 spiro atoms. The first-order valence-corrected chi connectivity index (χ1v) is 6.40. The minimum Gasteiger partial charge on any atom is -0.366 e. The van der Waals surface area contributed by atoms with E-state index < -0.39 is 15.9 Å². The lowest BCUT2D eigenvalue weighted by Gasteiger charge is -2.02. The van der Waals surface area contributed by atoms with Gasteiger partial charge >= 0.3 is 0 Å². The number of benzene rings is 1. The summed E-state index contributed by atoms with van der Waals surface area (Å²) in [5, 5.41) is 8.91. The van der Waals surface area contributed by atoms with Gasteiger partial charge < -0.3 is 5.73 Å². The Morgan fingerprint density at radius 1 is 1.22 bits per heavy atom. The predicted molar refractivity (Wildman–Crippen MR) is 63.5 cm³/mol. The van der Waals surface area contributed by atoms with E-state index in [1.807, 2.05) is 0 Å². The molecule has 4 N–H and O–H groups in total. The van der Waals surface area contributed by atoms with Crippen molar-refractivity contribution < 1.29 is 13.2 Å². The molecule has 0 saturated heterocycles. The molecule has 0 aliphatic rings. The van der Waals surface area contributed by atoms with Gasteiger partial charge in [-0.1, -0.05) is 0 Å². The first-order valence-electron chi connectivity index (χ1n) is 4.85. The number of primary sulfonamides is 1. The van der Waals surface area contributed by atoms with Gasteiger partial charge in [0, 0.05) is 6.20 Å². The lowest BCUT2D eigenvalue weighted by atomic mass is 10.3. The van der Waals surface area contributed by atoms with Crippen LogP contribution in [-0.4, -0.2) is 24.1 Å². The summed E-state index contributed by atoms with van der Waals surface area (Å²) in [6.07, 6.45) is 2.78. The van der Waals surface area contributed by atoms with Crippen LogP contribution >= 0.6 is 0 Å². The normalized spacial score (nSPS) is 11.4. The van der Waals surface area contributed by atoms with Crippen LogP contribution in [0.1, 0.15) is 10.4 Å². The third-order valence-electron chi connectivity index (χ3n) is 2.30. The second kappa shape index (κ2) is 4.24. The zero-order chi connectivity index (χ0) is 13.3. The van der Waals surface area contributed by atoms with E-state index in [-0.39, 0.29) is 10.5 Å². The molecule has 1 aromatic heterocycles. The summed E-state index contributed by atoms with van der Waals surface area (Å²) in [5.74, 6) is -0.581. The fraction of sp³-hybridized carbons (Fsp3) is 0. The monoisotopic (exact) mass is 266 g/mol. The summed E-state index contributed by atoms with van der Waals surface area (Å²) in [7, 11) is -3.71. The first-order chi connectivity index (χ1) is 8.38. The highest BCUT2D eigenvalue weighted by atomic mass is 32.2. The topological polar surface area (TPSA) is 121 Å². The second-order valence-electron chi connectivity index (χ2n) is 3.58. The molecule has 18 heavy (non-hydrogen) atoms. The summed E-state index contributed by atoms with van der Waals surface area (Å²) in [5.41, 5.74) is 5.96. The molecule has 1 heterocycles. The highest BCUT2D eigenvalue weighted by Gasteiger charge is 2.09.